The van der Waals surface area contributed by atoms with Gasteiger partial charge in [-0.15, -0.1) is 0 Å². The molecule has 2 aromatic rings. The first-order chi connectivity index (χ1) is 9.85. The van der Waals surface area contributed by atoms with Crippen LogP contribution in [-0.2, 0) is 11.3 Å². The highest BCUT2D eigenvalue weighted by Gasteiger charge is 2.07. The Labute approximate surface area is 116 Å². The van der Waals surface area contributed by atoms with Crippen molar-refractivity contribution in [1.29, 1.82) is 5.41 Å². The predicted octanol–water partition coefficient (Wildman–Crippen LogP) is 3.65. The van der Waals surface area contributed by atoms with E-state index in [1.54, 1.807) is 18.2 Å². The van der Waals surface area contributed by atoms with Crippen molar-refractivity contribution in [1.82, 2.24) is 0 Å². The van der Waals surface area contributed by atoms with Gasteiger partial charge in [0.2, 0.25) is 6.08 Å². The molecule has 0 aliphatic carbocycles. The van der Waals surface area contributed by atoms with E-state index in [9.17, 15) is 4.79 Å². The fraction of sp³-hybridized carbons (Fsp3) is 0.0667. The number of rotatable bonds is 5. The molecule has 0 saturated heterocycles. The van der Waals surface area contributed by atoms with Gasteiger partial charge < -0.3 is 5.32 Å². The zero-order valence-corrected chi connectivity index (χ0v) is 10.6. The summed E-state index contributed by atoms with van der Waals surface area (Å²) in [4.78, 5) is 18.0. The van der Waals surface area contributed by atoms with Crippen LogP contribution in [0, 0.1) is 5.41 Å². The maximum absolute atomic E-state index is 10.5. The van der Waals surface area contributed by atoms with Crippen LogP contribution in [0.4, 0.5) is 17.1 Å². The molecule has 2 rings (SSSR count). The van der Waals surface area contributed by atoms with Crippen LogP contribution in [0.5, 0.6) is 0 Å². The van der Waals surface area contributed by atoms with Crippen molar-refractivity contribution >= 4 is 29.2 Å². The van der Waals surface area contributed by atoms with Crippen LogP contribution in [0.1, 0.15) is 5.56 Å². The number of para-hydroxylation sites is 1. The number of hydrogen-bond donors (Lipinski definition) is 2. The SMILES string of the molecule is N=C=Nc1cccc(N=C=O)c1CNc1ccccc1. The van der Waals surface area contributed by atoms with Crippen molar-refractivity contribution in [3.8, 4) is 0 Å². The summed E-state index contributed by atoms with van der Waals surface area (Å²) in [6.45, 7) is 0.436. The van der Waals surface area contributed by atoms with Gasteiger partial charge in [-0.1, -0.05) is 24.3 Å². The van der Waals surface area contributed by atoms with E-state index in [2.05, 4.69) is 15.3 Å². The molecule has 0 aliphatic heterocycles. The van der Waals surface area contributed by atoms with E-state index in [0.717, 1.165) is 11.3 Å². The normalized spacial score (nSPS) is 9.20. The molecule has 0 fully saturated rings. The molecule has 5 heteroatoms. The minimum absolute atomic E-state index is 0.436. The Morgan fingerprint density at radius 3 is 2.35 bits per heavy atom. The molecule has 2 N–H and O–H groups in total. The molecule has 0 bridgehead atoms. The number of aliphatic imine (C=N–C) groups is 2. The molecular formula is C15H12N4O. The van der Waals surface area contributed by atoms with Gasteiger partial charge in [0.25, 0.3) is 0 Å². The minimum atomic E-state index is 0.436. The number of benzene rings is 2. The van der Waals surface area contributed by atoms with Gasteiger partial charge in [0.05, 0.1) is 17.4 Å². The van der Waals surface area contributed by atoms with Crippen LogP contribution in [-0.4, -0.2) is 12.1 Å². The second-order valence-electron chi connectivity index (χ2n) is 3.92. The molecule has 0 saturated carbocycles. The molecule has 20 heavy (non-hydrogen) atoms. The lowest BCUT2D eigenvalue weighted by Crippen LogP contribution is -2.00. The third-order valence-electron chi connectivity index (χ3n) is 2.71. The summed E-state index contributed by atoms with van der Waals surface area (Å²) < 4.78 is 0. The predicted molar refractivity (Wildman–Crippen MR) is 77.8 cm³/mol. The third kappa shape index (κ3) is 3.27. The summed E-state index contributed by atoms with van der Waals surface area (Å²) in [6, 6.07) is 16.8. The molecule has 5 nitrogen and oxygen atoms in total. The van der Waals surface area contributed by atoms with Gasteiger partial charge in [0, 0.05) is 17.8 Å². The molecule has 98 valence electrons. The number of hydrogen-bond acceptors (Lipinski definition) is 5. The van der Waals surface area contributed by atoms with Crippen molar-refractivity contribution in [2.24, 2.45) is 9.98 Å². The second kappa shape index (κ2) is 6.81. The van der Waals surface area contributed by atoms with Crippen LogP contribution in [0.25, 0.3) is 0 Å². The smallest absolute Gasteiger partial charge is 0.240 e. The minimum Gasteiger partial charge on any atom is -0.381 e. The lowest BCUT2D eigenvalue weighted by atomic mass is 10.1. The molecule has 0 unspecified atom stereocenters. The lowest BCUT2D eigenvalue weighted by molar-refractivity contribution is 0.565. The Balaban J connectivity index is 2.32. The quantitative estimate of drug-likeness (QED) is 0.638. The van der Waals surface area contributed by atoms with E-state index >= 15 is 0 Å². The first-order valence-electron chi connectivity index (χ1n) is 5.96. The van der Waals surface area contributed by atoms with E-state index in [1.165, 1.54) is 6.08 Å². The summed E-state index contributed by atoms with van der Waals surface area (Å²) in [5, 5.41) is 10.2. The van der Waals surface area contributed by atoms with Crippen molar-refractivity contribution in [2.75, 3.05) is 5.32 Å². The molecule has 0 atom stereocenters. The largest absolute Gasteiger partial charge is 0.381 e. The standard InChI is InChI=1S/C15H12N4O/c16-10-18-14-7-4-8-15(19-11-20)13(14)9-17-12-5-2-1-3-6-12/h1-8,16-17H,9H2. The van der Waals surface area contributed by atoms with Crippen molar-refractivity contribution < 1.29 is 4.79 Å². The van der Waals surface area contributed by atoms with E-state index in [1.807, 2.05) is 36.3 Å². The maximum Gasteiger partial charge on any atom is 0.240 e. The Hall–Kier alpha value is -3.00. The average molecular weight is 264 g/mol. The highest BCUT2D eigenvalue weighted by atomic mass is 16.1. The van der Waals surface area contributed by atoms with Gasteiger partial charge in [-0.3, -0.25) is 0 Å². The fourth-order valence-electron chi connectivity index (χ4n) is 1.81. The summed E-state index contributed by atoms with van der Waals surface area (Å²) in [6.07, 6.45) is 1.53. The molecular weight excluding hydrogens is 252 g/mol. The zero-order valence-electron chi connectivity index (χ0n) is 10.6. The highest BCUT2D eigenvalue weighted by Crippen LogP contribution is 2.29. The van der Waals surface area contributed by atoms with Gasteiger partial charge in [0.15, 0.2) is 0 Å². The first kappa shape index (κ1) is 13.4. The van der Waals surface area contributed by atoms with Crippen LogP contribution >= 0.6 is 0 Å². The lowest BCUT2D eigenvalue weighted by Gasteiger charge is -2.10. The van der Waals surface area contributed by atoms with E-state index in [0.29, 0.717) is 17.9 Å². The van der Waals surface area contributed by atoms with Gasteiger partial charge in [0.1, 0.15) is 0 Å². The van der Waals surface area contributed by atoms with E-state index in [-0.39, 0.29) is 0 Å². The Bertz CT molecular complexity index is 648. The van der Waals surface area contributed by atoms with Crippen molar-refractivity contribution in [3.05, 3.63) is 54.1 Å². The van der Waals surface area contributed by atoms with Crippen LogP contribution in [0.15, 0.2) is 58.5 Å². The van der Waals surface area contributed by atoms with Crippen LogP contribution in [0.2, 0.25) is 0 Å². The monoisotopic (exact) mass is 264 g/mol. The number of nitrogens with one attached hydrogen (secondary N) is 2. The second-order valence-corrected chi connectivity index (χ2v) is 3.92. The highest BCUT2D eigenvalue weighted by molar-refractivity contribution is 5.66. The molecule has 0 spiro atoms. The molecule has 0 amide bonds. The maximum atomic E-state index is 10.5. The Kier molecular flexibility index (Phi) is 4.57. The fourth-order valence-corrected chi connectivity index (χ4v) is 1.81. The van der Waals surface area contributed by atoms with Crippen molar-refractivity contribution in [2.45, 2.75) is 6.54 Å². The van der Waals surface area contributed by atoms with Crippen molar-refractivity contribution in [3.63, 3.8) is 0 Å². The number of isocyanates is 1. The molecule has 0 aromatic heterocycles. The molecule has 0 aliphatic rings. The van der Waals surface area contributed by atoms with Gasteiger partial charge in [-0.05, 0) is 24.3 Å². The van der Waals surface area contributed by atoms with Crippen LogP contribution < -0.4 is 5.32 Å². The van der Waals surface area contributed by atoms with E-state index in [4.69, 9.17) is 5.41 Å². The average Bonchev–Trinajstić information content (AvgIpc) is 2.48. The van der Waals surface area contributed by atoms with E-state index < -0.39 is 0 Å². The number of carbonyl (C=O) groups excluding carboxylic acids is 1. The molecule has 2 aromatic carbocycles. The molecule has 0 radical (unpaired) electrons. The summed E-state index contributed by atoms with van der Waals surface area (Å²) in [7, 11) is 0. The zero-order chi connectivity index (χ0) is 14.2. The van der Waals surface area contributed by atoms with Crippen LogP contribution in [0.3, 0.4) is 0 Å². The topological polar surface area (TPSA) is 77.7 Å². The van der Waals surface area contributed by atoms with Gasteiger partial charge in [-0.25, -0.2) is 10.2 Å². The number of nitrogens with zero attached hydrogens (tertiary/aromatic N) is 2. The number of anilines is 1. The first-order valence-corrected chi connectivity index (χ1v) is 5.96. The summed E-state index contributed by atoms with van der Waals surface area (Å²) in [5.74, 6) is 0. The van der Waals surface area contributed by atoms with Gasteiger partial charge in [-0.2, -0.15) is 9.98 Å². The summed E-state index contributed by atoms with van der Waals surface area (Å²) in [5.41, 5.74) is 2.71. The third-order valence-corrected chi connectivity index (χ3v) is 2.71. The summed E-state index contributed by atoms with van der Waals surface area (Å²) >= 11 is 0. The Morgan fingerprint density at radius 1 is 1.00 bits per heavy atom. The van der Waals surface area contributed by atoms with Gasteiger partial charge >= 0.3 is 0 Å². The Morgan fingerprint density at radius 2 is 1.70 bits per heavy atom. The molecule has 0 heterocycles.